The summed E-state index contributed by atoms with van der Waals surface area (Å²) in [5, 5.41) is 6.83. The molecule has 0 aromatic heterocycles. The number of nitrogens with zero attached hydrogens (tertiary/aromatic N) is 2. The van der Waals surface area contributed by atoms with Gasteiger partial charge in [0.2, 0.25) is 0 Å². The Morgan fingerprint density at radius 1 is 0.486 bits per heavy atom. The van der Waals surface area contributed by atoms with Crippen molar-refractivity contribution >= 4 is 46.1 Å². The first-order chi connectivity index (χ1) is 18.3. The van der Waals surface area contributed by atoms with Gasteiger partial charge in [0, 0.05) is 36.0 Å². The molecule has 184 valence electrons. The van der Waals surface area contributed by atoms with E-state index in [9.17, 15) is 0 Å². The molecule has 1 saturated heterocycles. The maximum atomic E-state index is 2.80. The second-order valence-corrected chi connectivity index (χ2v) is 12.7. The zero-order valence-electron chi connectivity index (χ0n) is 21.2. The molecule has 2 aliphatic rings. The molecule has 0 amide bonds. The predicted molar refractivity (Wildman–Crippen MR) is 162 cm³/mol. The van der Waals surface area contributed by atoms with Crippen LogP contribution in [0.1, 0.15) is 25.7 Å². The monoisotopic (exact) mass is 500 g/mol. The molecule has 0 spiro atoms. The topological polar surface area (TPSA) is 6.48 Å². The quantitative estimate of drug-likeness (QED) is 0.230. The number of rotatable bonds is 3. The standard InChI is InChI=1S/C34H33N2P/c1-2-14-32(15-3-1)37-24-35(30-20-18-26-10-4-6-12-28(26)22-30)33-16-8-9-17-34(33)36(25-37)31-21-19-27-11-5-7-13-29(27)23-31/h1-7,10-15,18-23,33-34H,8-9,16-17,24-25H2. The molecule has 2 atom stereocenters. The third kappa shape index (κ3) is 4.38. The lowest BCUT2D eigenvalue weighted by molar-refractivity contribution is 0.363. The van der Waals surface area contributed by atoms with Crippen LogP contribution in [-0.4, -0.2) is 24.7 Å². The van der Waals surface area contributed by atoms with Crippen molar-refractivity contribution in [1.29, 1.82) is 0 Å². The van der Waals surface area contributed by atoms with Gasteiger partial charge in [-0.15, -0.1) is 0 Å². The third-order valence-corrected chi connectivity index (χ3v) is 10.7. The van der Waals surface area contributed by atoms with Gasteiger partial charge >= 0.3 is 0 Å². The summed E-state index contributed by atoms with van der Waals surface area (Å²) in [6.45, 7) is 0. The fraction of sp³-hybridized carbons (Fsp3) is 0.235. The smallest absolute Gasteiger partial charge is 0.0497 e. The van der Waals surface area contributed by atoms with E-state index in [-0.39, 0.29) is 0 Å². The van der Waals surface area contributed by atoms with Crippen LogP contribution in [0, 0.1) is 0 Å². The van der Waals surface area contributed by atoms with Crippen molar-refractivity contribution < 1.29 is 0 Å². The Kier molecular flexibility index (Phi) is 6.07. The molecule has 1 aliphatic heterocycles. The van der Waals surface area contributed by atoms with Crippen molar-refractivity contribution in [2.75, 3.05) is 22.4 Å². The number of hydrogen-bond donors (Lipinski definition) is 0. The highest BCUT2D eigenvalue weighted by Crippen LogP contribution is 2.47. The Balaban J connectivity index is 1.35. The lowest BCUT2D eigenvalue weighted by Gasteiger charge is -2.44. The Morgan fingerprint density at radius 3 is 1.46 bits per heavy atom. The van der Waals surface area contributed by atoms with E-state index in [1.54, 1.807) is 0 Å². The first-order valence-corrected chi connectivity index (χ1v) is 15.4. The largest absolute Gasteiger partial charge is 0.362 e. The predicted octanol–water partition coefficient (Wildman–Crippen LogP) is 8.35. The van der Waals surface area contributed by atoms with E-state index < -0.39 is 7.92 Å². The van der Waals surface area contributed by atoms with E-state index in [4.69, 9.17) is 0 Å². The zero-order chi connectivity index (χ0) is 24.6. The van der Waals surface area contributed by atoms with E-state index in [0.717, 1.165) is 12.6 Å². The lowest BCUT2D eigenvalue weighted by Crippen LogP contribution is -2.51. The summed E-state index contributed by atoms with van der Waals surface area (Å²) in [6, 6.07) is 44.2. The van der Waals surface area contributed by atoms with Crippen molar-refractivity contribution in [3.05, 3.63) is 115 Å². The minimum atomic E-state index is -0.391. The Labute approximate surface area is 221 Å². The van der Waals surface area contributed by atoms with Gasteiger partial charge in [-0.1, -0.05) is 104 Å². The van der Waals surface area contributed by atoms with E-state index in [0.29, 0.717) is 12.1 Å². The molecule has 5 aromatic carbocycles. The van der Waals surface area contributed by atoms with Crippen molar-refractivity contribution in [2.45, 2.75) is 37.8 Å². The van der Waals surface area contributed by atoms with Crippen LogP contribution in [0.5, 0.6) is 0 Å². The fourth-order valence-corrected chi connectivity index (χ4v) is 8.99. The van der Waals surface area contributed by atoms with Crippen molar-refractivity contribution in [2.24, 2.45) is 0 Å². The first-order valence-electron chi connectivity index (χ1n) is 13.6. The molecule has 5 aromatic rings. The van der Waals surface area contributed by atoms with Gasteiger partial charge in [0.25, 0.3) is 0 Å². The average molecular weight is 501 g/mol. The van der Waals surface area contributed by atoms with E-state index in [2.05, 4.69) is 125 Å². The third-order valence-electron chi connectivity index (χ3n) is 8.39. The molecule has 37 heavy (non-hydrogen) atoms. The number of fused-ring (bicyclic) bond motifs is 3. The van der Waals surface area contributed by atoms with Crippen LogP contribution in [0.25, 0.3) is 21.5 Å². The average Bonchev–Trinajstić information content (AvgIpc) is 3.15. The zero-order valence-corrected chi connectivity index (χ0v) is 22.1. The highest BCUT2D eigenvalue weighted by molar-refractivity contribution is 7.65. The van der Waals surface area contributed by atoms with Crippen LogP contribution in [0.3, 0.4) is 0 Å². The van der Waals surface area contributed by atoms with Gasteiger partial charge in [0.1, 0.15) is 0 Å². The van der Waals surface area contributed by atoms with Crippen LogP contribution in [0.15, 0.2) is 115 Å². The van der Waals surface area contributed by atoms with Gasteiger partial charge in [-0.05, 0) is 71.9 Å². The van der Waals surface area contributed by atoms with Crippen LogP contribution in [0.4, 0.5) is 11.4 Å². The van der Waals surface area contributed by atoms with Gasteiger partial charge in [-0.2, -0.15) is 0 Å². The molecule has 0 bridgehead atoms. The van der Waals surface area contributed by atoms with E-state index >= 15 is 0 Å². The summed E-state index contributed by atoms with van der Waals surface area (Å²) in [6.07, 6.45) is 7.39. The van der Waals surface area contributed by atoms with Crippen molar-refractivity contribution in [1.82, 2.24) is 0 Å². The van der Waals surface area contributed by atoms with Crippen LogP contribution in [-0.2, 0) is 0 Å². The van der Waals surface area contributed by atoms with Crippen LogP contribution < -0.4 is 15.1 Å². The van der Waals surface area contributed by atoms with E-state index in [1.807, 2.05) is 0 Å². The summed E-state index contributed by atoms with van der Waals surface area (Å²) in [5.41, 5.74) is 2.78. The molecule has 2 fully saturated rings. The van der Waals surface area contributed by atoms with Crippen LogP contribution in [0.2, 0.25) is 0 Å². The number of anilines is 2. The molecule has 1 heterocycles. The molecule has 0 N–H and O–H groups in total. The minimum absolute atomic E-state index is 0.391. The maximum absolute atomic E-state index is 2.80. The normalized spacial score (nSPS) is 22.1. The molecular weight excluding hydrogens is 467 g/mol. The molecule has 2 nitrogen and oxygen atoms in total. The number of hydrogen-bond acceptors (Lipinski definition) is 2. The Hall–Kier alpha value is -3.35. The molecular formula is C34H33N2P. The van der Waals surface area contributed by atoms with Gasteiger partial charge < -0.3 is 9.80 Å². The van der Waals surface area contributed by atoms with E-state index in [1.165, 1.54) is 63.9 Å². The molecule has 2 unspecified atom stereocenters. The van der Waals surface area contributed by atoms with Gasteiger partial charge in [-0.3, -0.25) is 0 Å². The minimum Gasteiger partial charge on any atom is -0.362 e. The Bertz CT molecular complexity index is 1430. The second kappa shape index (κ2) is 9.84. The first kappa shape index (κ1) is 22.8. The summed E-state index contributed by atoms with van der Waals surface area (Å²) in [5.74, 6) is 0. The van der Waals surface area contributed by atoms with Gasteiger partial charge in [0.15, 0.2) is 0 Å². The number of benzene rings is 5. The fourth-order valence-electron chi connectivity index (χ4n) is 6.50. The van der Waals surface area contributed by atoms with Crippen LogP contribution >= 0.6 is 7.92 Å². The molecule has 0 radical (unpaired) electrons. The van der Waals surface area contributed by atoms with Gasteiger partial charge in [-0.25, -0.2) is 0 Å². The summed E-state index contributed by atoms with van der Waals surface area (Å²) in [7, 11) is -0.391. The van der Waals surface area contributed by atoms with Gasteiger partial charge in [0.05, 0.1) is 0 Å². The molecule has 3 heteroatoms. The second-order valence-electron chi connectivity index (χ2n) is 10.6. The lowest BCUT2D eigenvalue weighted by atomic mass is 9.87. The highest BCUT2D eigenvalue weighted by atomic mass is 31.1. The Morgan fingerprint density at radius 2 is 0.946 bits per heavy atom. The summed E-state index contributed by atoms with van der Waals surface area (Å²) < 4.78 is 0. The van der Waals surface area contributed by atoms with Crippen molar-refractivity contribution in [3.8, 4) is 0 Å². The summed E-state index contributed by atoms with van der Waals surface area (Å²) in [4.78, 5) is 5.60. The highest BCUT2D eigenvalue weighted by Gasteiger charge is 2.39. The van der Waals surface area contributed by atoms with Crippen molar-refractivity contribution in [3.63, 3.8) is 0 Å². The summed E-state index contributed by atoms with van der Waals surface area (Å²) >= 11 is 0. The molecule has 1 saturated carbocycles. The molecule has 1 aliphatic carbocycles. The SMILES string of the molecule is c1ccc(P2CN(c3ccc4ccccc4c3)C3CCCCC3N(c3ccc4ccccc4c3)C2)cc1. The maximum Gasteiger partial charge on any atom is 0.0497 e. The molecule has 7 rings (SSSR count).